The molecule has 0 unspecified atom stereocenters. The van der Waals surface area contributed by atoms with Gasteiger partial charge in [-0.05, 0) is 13.8 Å². The van der Waals surface area contributed by atoms with Crippen molar-refractivity contribution in [2.75, 3.05) is 63.9 Å². The zero-order chi connectivity index (χ0) is 32.8. The Morgan fingerprint density at radius 3 is 2.22 bits per heavy atom. The van der Waals surface area contributed by atoms with Crippen LogP contribution in [0, 0.1) is 5.82 Å². The molecule has 0 aliphatic carbocycles. The van der Waals surface area contributed by atoms with E-state index in [0.29, 0.717) is 82.4 Å². The van der Waals surface area contributed by atoms with E-state index in [1.54, 1.807) is 20.8 Å². The standard InChI is InChI=1S/C27H34ClFN10O4.C2H6/c1-3-38-18-13-16(26(41)35-5-7-36(8-6-35)27(42)37-9-11-43-12-10-37)17(29)14-19(18)39(4-2)20(38)15-32-25(40)21-23(30)34-24(31)22(28)33-21;1-2/h13-14H,3-12,15H2,1-2H3,(H4-,30,31,32,34,40);1-2H3/p+1. The molecular weight excluding hydrogens is 607 g/mol. The molecule has 45 heavy (non-hydrogen) atoms. The van der Waals surface area contributed by atoms with E-state index in [2.05, 4.69) is 15.3 Å². The molecule has 4 amide bonds. The fraction of sp³-hybridized carbons (Fsp3) is 0.517. The maximum atomic E-state index is 15.5. The Labute approximate surface area is 266 Å². The Morgan fingerprint density at radius 1 is 0.978 bits per heavy atom. The van der Waals surface area contributed by atoms with Gasteiger partial charge in [-0.25, -0.2) is 28.3 Å². The van der Waals surface area contributed by atoms with Crippen LogP contribution in [0.25, 0.3) is 11.0 Å². The van der Waals surface area contributed by atoms with Gasteiger partial charge in [0.1, 0.15) is 12.4 Å². The van der Waals surface area contributed by atoms with Crippen molar-refractivity contribution >= 4 is 52.1 Å². The lowest BCUT2D eigenvalue weighted by atomic mass is 10.1. The molecule has 0 bridgehead atoms. The van der Waals surface area contributed by atoms with E-state index >= 15 is 4.39 Å². The second-order valence-corrected chi connectivity index (χ2v) is 10.6. The van der Waals surface area contributed by atoms with Gasteiger partial charge in [0.2, 0.25) is 0 Å². The first-order chi connectivity index (χ1) is 21.6. The van der Waals surface area contributed by atoms with Gasteiger partial charge in [-0.1, -0.05) is 25.4 Å². The summed E-state index contributed by atoms with van der Waals surface area (Å²) in [5, 5.41) is 2.64. The number of hydrogen-bond donors (Lipinski definition) is 3. The molecular formula is C29H41ClFN10O4+. The van der Waals surface area contributed by atoms with E-state index in [1.807, 2.05) is 36.8 Å². The number of aryl methyl sites for hydroxylation is 2. The van der Waals surface area contributed by atoms with Crippen molar-refractivity contribution in [1.29, 1.82) is 0 Å². The highest BCUT2D eigenvalue weighted by Crippen LogP contribution is 2.23. The average Bonchev–Trinajstić information content (AvgIpc) is 3.36. The summed E-state index contributed by atoms with van der Waals surface area (Å²) in [6.45, 7) is 12.3. The number of piperazine rings is 1. The van der Waals surface area contributed by atoms with Crippen LogP contribution in [0.5, 0.6) is 0 Å². The van der Waals surface area contributed by atoms with Crippen molar-refractivity contribution in [3.8, 4) is 0 Å². The van der Waals surface area contributed by atoms with Crippen LogP contribution >= 0.6 is 11.6 Å². The van der Waals surface area contributed by atoms with Gasteiger partial charge >= 0.3 is 6.03 Å². The number of carbonyl (C=O) groups excluding carboxylic acids is 3. The number of fused-ring (bicyclic) bond motifs is 1. The third-order valence-electron chi connectivity index (χ3n) is 7.78. The highest BCUT2D eigenvalue weighted by atomic mass is 35.5. The number of rotatable bonds is 6. The number of imidazole rings is 1. The third-order valence-corrected chi connectivity index (χ3v) is 8.06. The van der Waals surface area contributed by atoms with Gasteiger partial charge in [0.25, 0.3) is 17.6 Å². The van der Waals surface area contributed by atoms with Crippen LogP contribution in [0.1, 0.15) is 54.4 Å². The predicted molar refractivity (Wildman–Crippen MR) is 167 cm³/mol. The Kier molecular flexibility index (Phi) is 11.0. The molecule has 5 rings (SSSR count). The third kappa shape index (κ3) is 6.88. The number of halogens is 2. The van der Waals surface area contributed by atoms with Crippen LogP contribution in [0.3, 0.4) is 0 Å². The lowest BCUT2D eigenvalue weighted by molar-refractivity contribution is -0.676. The Balaban J connectivity index is 0.00000226. The van der Waals surface area contributed by atoms with E-state index in [0.717, 1.165) is 0 Å². The van der Waals surface area contributed by atoms with Gasteiger partial charge in [0.05, 0.1) is 31.9 Å². The van der Waals surface area contributed by atoms with Crippen molar-refractivity contribution in [2.45, 2.75) is 47.3 Å². The first-order valence-electron chi connectivity index (χ1n) is 15.2. The molecule has 2 saturated heterocycles. The first kappa shape index (κ1) is 33.6. The molecule has 2 aliphatic heterocycles. The molecule has 16 heteroatoms. The summed E-state index contributed by atoms with van der Waals surface area (Å²) in [6, 6.07) is 2.84. The molecule has 14 nitrogen and oxygen atoms in total. The van der Waals surface area contributed by atoms with Gasteiger partial charge < -0.3 is 36.2 Å². The number of nitrogen functional groups attached to an aromatic ring is 2. The average molecular weight is 648 g/mol. The monoisotopic (exact) mass is 647 g/mol. The molecule has 3 aromatic rings. The number of urea groups is 1. The predicted octanol–water partition coefficient (Wildman–Crippen LogP) is 1.88. The maximum absolute atomic E-state index is 15.5. The van der Waals surface area contributed by atoms with Crippen LogP contribution in [0.4, 0.5) is 20.8 Å². The van der Waals surface area contributed by atoms with Crippen LogP contribution in [0.15, 0.2) is 12.1 Å². The summed E-state index contributed by atoms with van der Waals surface area (Å²) in [4.78, 5) is 52.1. The number of ether oxygens (including phenoxy) is 1. The van der Waals surface area contributed by atoms with Crippen molar-refractivity contribution in [2.24, 2.45) is 0 Å². The number of anilines is 2. The number of morpholine rings is 1. The smallest absolute Gasteiger partial charge is 0.320 e. The van der Waals surface area contributed by atoms with Crippen molar-refractivity contribution in [1.82, 2.24) is 34.6 Å². The number of carbonyl (C=O) groups is 3. The Hall–Kier alpha value is -4.24. The quantitative estimate of drug-likeness (QED) is 0.341. The largest absolute Gasteiger partial charge is 0.382 e. The lowest BCUT2D eigenvalue weighted by Crippen LogP contribution is -2.55. The highest BCUT2D eigenvalue weighted by Gasteiger charge is 2.32. The minimum atomic E-state index is -0.644. The molecule has 0 saturated carbocycles. The Bertz CT molecular complexity index is 1570. The number of benzene rings is 1. The van der Waals surface area contributed by atoms with E-state index in [9.17, 15) is 14.4 Å². The first-order valence-corrected chi connectivity index (χ1v) is 15.5. The van der Waals surface area contributed by atoms with E-state index in [1.165, 1.54) is 6.07 Å². The van der Waals surface area contributed by atoms with Crippen LogP contribution in [-0.4, -0.2) is 99.6 Å². The molecule has 0 radical (unpaired) electrons. The van der Waals surface area contributed by atoms with Crippen LogP contribution < -0.4 is 21.4 Å². The molecule has 5 N–H and O–H groups in total. The minimum Gasteiger partial charge on any atom is -0.382 e. The SMILES string of the molecule is CC.CCn1c(CNC(=O)c2nc(Cl)c(N)nc2N)[n+](CC)c2cc(C(=O)N3CCN(C(=O)N4CCOCC4)CC3)c(F)cc21. The maximum Gasteiger partial charge on any atom is 0.320 e. The number of aromatic nitrogens is 4. The number of amides is 4. The topological polar surface area (TPSA) is 169 Å². The van der Waals surface area contributed by atoms with Gasteiger partial charge in [0, 0.05) is 51.4 Å². The normalized spacial score (nSPS) is 15.1. The molecule has 244 valence electrons. The molecule has 2 fully saturated rings. The zero-order valence-electron chi connectivity index (χ0n) is 26.1. The minimum absolute atomic E-state index is 0.0499. The molecule has 1 aromatic carbocycles. The number of nitrogens with one attached hydrogen (secondary N) is 1. The molecule has 0 spiro atoms. The van der Waals surface area contributed by atoms with Gasteiger partial charge in [-0.2, -0.15) is 0 Å². The fourth-order valence-electron chi connectivity index (χ4n) is 5.55. The number of nitrogens with two attached hydrogens (primary N) is 2. The van der Waals surface area contributed by atoms with Crippen molar-refractivity contribution in [3.63, 3.8) is 0 Å². The highest BCUT2D eigenvalue weighted by molar-refractivity contribution is 6.31. The fourth-order valence-corrected chi connectivity index (χ4v) is 5.67. The Morgan fingerprint density at radius 2 is 1.60 bits per heavy atom. The molecule has 2 aromatic heterocycles. The van der Waals surface area contributed by atoms with E-state index < -0.39 is 17.6 Å². The summed E-state index contributed by atoms with van der Waals surface area (Å²) >= 11 is 5.93. The molecule has 0 atom stereocenters. The van der Waals surface area contributed by atoms with Gasteiger partial charge in [-0.3, -0.25) is 9.59 Å². The summed E-state index contributed by atoms with van der Waals surface area (Å²) < 4.78 is 24.6. The molecule has 2 aliphatic rings. The summed E-state index contributed by atoms with van der Waals surface area (Å²) in [6.07, 6.45) is 0. The second kappa shape index (κ2) is 14.7. The summed E-state index contributed by atoms with van der Waals surface area (Å²) in [5.74, 6) is -1.24. The lowest BCUT2D eigenvalue weighted by Gasteiger charge is -2.38. The number of nitrogens with zero attached hydrogens (tertiary/aromatic N) is 7. The van der Waals surface area contributed by atoms with Gasteiger partial charge in [-0.15, -0.1) is 0 Å². The van der Waals surface area contributed by atoms with Crippen molar-refractivity contribution < 1.29 is 28.1 Å². The zero-order valence-corrected chi connectivity index (χ0v) is 26.9. The van der Waals surface area contributed by atoms with Crippen molar-refractivity contribution in [3.05, 3.63) is 40.2 Å². The number of hydrogen-bond acceptors (Lipinski definition) is 8. The van der Waals surface area contributed by atoms with E-state index in [4.69, 9.17) is 27.8 Å². The van der Waals surface area contributed by atoms with E-state index in [-0.39, 0.29) is 40.6 Å². The van der Waals surface area contributed by atoms with Crippen LogP contribution in [0.2, 0.25) is 5.15 Å². The molecule has 4 heterocycles. The van der Waals surface area contributed by atoms with Crippen LogP contribution in [-0.2, 0) is 24.4 Å². The summed E-state index contributed by atoms with van der Waals surface area (Å²) in [5.41, 5.74) is 12.5. The summed E-state index contributed by atoms with van der Waals surface area (Å²) in [7, 11) is 0. The second-order valence-electron chi connectivity index (χ2n) is 10.2. The van der Waals surface area contributed by atoms with Gasteiger partial charge in [0.15, 0.2) is 33.5 Å².